The van der Waals surface area contributed by atoms with Crippen LogP contribution < -0.4 is 0 Å². The minimum atomic E-state index is 0.454. The summed E-state index contributed by atoms with van der Waals surface area (Å²) in [6.45, 7) is 0. The van der Waals surface area contributed by atoms with Gasteiger partial charge in [-0.15, -0.1) is 0 Å². The van der Waals surface area contributed by atoms with Gasteiger partial charge in [0, 0.05) is 21.4 Å². The Morgan fingerprint density at radius 2 is 2.42 bits per heavy atom. The maximum atomic E-state index is 8.71. The SMILES string of the molecule is N#Cc1nccc2c(I)c[nH]c12. The highest BCUT2D eigenvalue weighted by Crippen LogP contribution is 2.20. The number of hydrogen-bond donors (Lipinski definition) is 1. The highest BCUT2D eigenvalue weighted by molar-refractivity contribution is 14.1. The van der Waals surface area contributed by atoms with Gasteiger partial charge < -0.3 is 4.98 Å². The Morgan fingerprint density at radius 1 is 1.58 bits per heavy atom. The molecule has 0 aliphatic heterocycles. The Hall–Kier alpha value is -1.09. The molecular weight excluding hydrogens is 265 g/mol. The van der Waals surface area contributed by atoms with Crippen LogP contribution in [0.5, 0.6) is 0 Å². The first-order chi connectivity index (χ1) is 5.83. The van der Waals surface area contributed by atoms with Gasteiger partial charge in [0.1, 0.15) is 6.07 Å². The van der Waals surface area contributed by atoms with Crippen LogP contribution in [-0.4, -0.2) is 9.97 Å². The van der Waals surface area contributed by atoms with Crippen molar-refractivity contribution in [2.45, 2.75) is 0 Å². The lowest BCUT2D eigenvalue weighted by molar-refractivity contribution is 1.28. The number of aromatic amines is 1. The van der Waals surface area contributed by atoms with E-state index in [1.807, 2.05) is 18.3 Å². The minimum absolute atomic E-state index is 0.454. The van der Waals surface area contributed by atoms with Gasteiger partial charge in [-0.1, -0.05) is 0 Å². The van der Waals surface area contributed by atoms with Crippen molar-refractivity contribution in [3.63, 3.8) is 0 Å². The molecule has 2 aromatic heterocycles. The zero-order valence-corrected chi connectivity index (χ0v) is 8.16. The van der Waals surface area contributed by atoms with Crippen LogP contribution in [-0.2, 0) is 0 Å². The first-order valence-electron chi connectivity index (χ1n) is 3.34. The predicted molar refractivity (Wildman–Crippen MR) is 53.5 cm³/mol. The number of rotatable bonds is 0. The van der Waals surface area contributed by atoms with Crippen molar-refractivity contribution in [2.75, 3.05) is 0 Å². The second kappa shape index (κ2) is 2.75. The largest absolute Gasteiger partial charge is 0.358 e. The molecule has 0 fully saturated rings. The lowest BCUT2D eigenvalue weighted by atomic mass is 10.3. The van der Waals surface area contributed by atoms with Gasteiger partial charge in [-0.2, -0.15) is 5.26 Å². The lowest BCUT2D eigenvalue weighted by Gasteiger charge is -1.90. The summed E-state index contributed by atoms with van der Waals surface area (Å²) in [5.74, 6) is 0. The number of nitrogens with zero attached hydrogens (tertiary/aromatic N) is 2. The average Bonchev–Trinajstić information content (AvgIpc) is 2.48. The number of fused-ring (bicyclic) bond motifs is 1. The first kappa shape index (κ1) is 7.55. The standard InChI is InChI=1S/C8H4IN3/c9-6-4-12-8-5(6)1-2-11-7(8)3-10/h1-2,4,12H. The van der Waals surface area contributed by atoms with Crippen LogP contribution in [0.3, 0.4) is 0 Å². The molecule has 0 aromatic carbocycles. The third-order valence-corrected chi connectivity index (χ3v) is 2.55. The summed E-state index contributed by atoms with van der Waals surface area (Å²) < 4.78 is 1.11. The van der Waals surface area contributed by atoms with Crippen LogP contribution in [0.25, 0.3) is 10.9 Å². The number of nitriles is 1. The third-order valence-electron chi connectivity index (χ3n) is 1.66. The van der Waals surface area contributed by atoms with Crippen LogP contribution >= 0.6 is 22.6 Å². The molecule has 0 saturated heterocycles. The average molecular weight is 269 g/mol. The van der Waals surface area contributed by atoms with Gasteiger partial charge in [0.05, 0.1) is 5.52 Å². The van der Waals surface area contributed by atoms with E-state index in [1.165, 1.54) is 0 Å². The van der Waals surface area contributed by atoms with E-state index >= 15 is 0 Å². The Bertz CT molecular complexity index is 467. The smallest absolute Gasteiger partial charge is 0.164 e. The van der Waals surface area contributed by atoms with E-state index in [9.17, 15) is 0 Å². The third kappa shape index (κ3) is 0.975. The molecule has 0 unspecified atom stereocenters. The zero-order chi connectivity index (χ0) is 8.55. The monoisotopic (exact) mass is 269 g/mol. The van der Waals surface area contributed by atoms with Crippen LogP contribution in [0.15, 0.2) is 18.5 Å². The molecule has 0 radical (unpaired) electrons. The van der Waals surface area contributed by atoms with Crippen LogP contribution in [0.2, 0.25) is 0 Å². The zero-order valence-electron chi connectivity index (χ0n) is 6.00. The van der Waals surface area contributed by atoms with E-state index in [0.29, 0.717) is 5.69 Å². The van der Waals surface area contributed by atoms with Crippen molar-refractivity contribution in [2.24, 2.45) is 0 Å². The molecule has 0 aliphatic rings. The van der Waals surface area contributed by atoms with Gasteiger partial charge in [-0.05, 0) is 28.7 Å². The van der Waals surface area contributed by atoms with Crippen LogP contribution in [0.4, 0.5) is 0 Å². The lowest BCUT2D eigenvalue weighted by Crippen LogP contribution is -1.82. The number of aromatic nitrogens is 2. The Morgan fingerprint density at radius 3 is 3.17 bits per heavy atom. The molecule has 3 nitrogen and oxygen atoms in total. The molecule has 58 valence electrons. The van der Waals surface area contributed by atoms with Crippen molar-refractivity contribution in [1.29, 1.82) is 5.26 Å². The van der Waals surface area contributed by atoms with Gasteiger partial charge in [-0.25, -0.2) is 4.98 Å². The van der Waals surface area contributed by atoms with Crippen molar-refractivity contribution in [3.8, 4) is 6.07 Å². The van der Waals surface area contributed by atoms with Crippen molar-refractivity contribution >= 4 is 33.5 Å². The summed E-state index contributed by atoms with van der Waals surface area (Å²) in [4.78, 5) is 6.96. The van der Waals surface area contributed by atoms with Gasteiger partial charge in [0.2, 0.25) is 0 Å². The number of H-pyrrole nitrogens is 1. The first-order valence-corrected chi connectivity index (χ1v) is 4.42. The Kier molecular flexibility index (Phi) is 1.73. The molecule has 0 saturated carbocycles. The Labute approximate surface area is 82.6 Å². The maximum absolute atomic E-state index is 8.71. The number of nitrogens with one attached hydrogen (secondary N) is 1. The number of pyridine rings is 1. The molecule has 4 heteroatoms. The van der Waals surface area contributed by atoms with E-state index in [4.69, 9.17) is 5.26 Å². The molecule has 2 aromatic rings. The molecule has 0 aliphatic carbocycles. The summed E-state index contributed by atoms with van der Waals surface area (Å²) in [5, 5.41) is 9.77. The highest BCUT2D eigenvalue weighted by atomic mass is 127. The summed E-state index contributed by atoms with van der Waals surface area (Å²) in [5.41, 5.74) is 1.28. The minimum Gasteiger partial charge on any atom is -0.358 e. The van der Waals surface area contributed by atoms with E-state index in [2.05, 4.69) is 32.6 Å². The van der Waals surface area contributed by atoms with Crippen molar-refractivity contribution in [3.05, 3.63) is 27.7 Å². The van der Waals surface area contributed by atoms with Gasteiger partial charge in [0.15, 0.2) is 5.69 Å². The van der Waals surface area contributed by atoms with Crippen LogP contribution in [0, 0.1) is 14.9 Å². The molecule has 2 rings (SSSR count). The second-order valence-electron chi connectivity index (χ2n) is 2.33. The molecule has 0 atom stereocenters. The number of halogens is 1. The second-order valence-corrected chi connectivity index (χ2v) is 3.49. The molecule has 2 heterocycles. The normalized spacial score (nSPS) is 10.0. The van der Waals surface area contributed by atoms with Crippen LogP contribution in [0.1, 0.15) is 5.69 Å². The molecule has 1 N–H and O–H groups in total. The summed E-state index contributed by atoms with van der Waals surface area (Å²) in [6, 6.07) is 3.93. The summed E-state index contributed by atoms with van der Waals surface area (Å²) >= 11 is 2.22. The van der Waals surface area contributed by atoms with E-state index in [0.717, 1.165) is 14.5 Å². The molecule has 0 bridgehead atoms. The predicted octanol–water partition coefficient (Wildman–Crippen LogP) is 2.04. The molecule has 12 heavy (non-hydrogen) atoms. The maximum Gasteiger partial charge on any atom is 0.164 e. The fraction of sp³-hybridized carbons (Fsp3) is 0. The van der Waals surface area contributed by atoms with E-state index in [-0.39, 0.29) is 0 Å². The van der Waals surface area contributed by atoms with Crippen molar-refractivity contribution < 1.29 is 0 Å². The van der Waals surface area contributed by atoms with Gasteiger partial charge >= 0.3 is 0 Å². The fourth-order valence-electron chi connectivity index (χ4n) is 1.10. The molecule has 0 amide bonds. The van der Waals surface area contributed by atoms with Gasteiger partial charge in [0.25, 0.3) is 0 Å². The summed E-state index contributed by atoms with van der Waals surface area (Å²) in [6.07, 6.45) is 3.52. The number of hydrogen-bond acceptors (Lipinski definition) is 2. The highest BCUT2D eigenvalue weighted by Gasteiger charge is 2.04. The molecular formula is C8H4IN3. The van der Waals surface area contributed by atoms with E-state index in [1.54, 1.807) is 6.20 Å². The quantitative estimate of drug-likeness (QED) is 0.744. The van der Waals surface area contributed by atoms with Crippen molar-refractivity contribution in [1.82, 2.24) is 9.97 Å². The molecule has 0 spiro atoms. The fourth-order valence-corrected chi connectivity index (χ4v) is 1.71. The van der Waals surface area contributed by atoms with Gasteiger partial charge in [-0.3, -0.25) is 0 Å². The Balaban J connectivity index is 2.92. The topological polar surface area (TPSA) is 52.5 Å². The summed E-state index contributed by atoms with van der Waals surface area (Å²) in [7, 11) is 0. The van der Waals surface area contributed by atoms with E-state index < -0.39 is 0 Å².